The third-order valence-corrected chi connectivity index (χ3v) is 8.80. The van der Waals surface area contributed by atoms with Gasteiger partial charge in [0, 0.05) is 13.2 Å². The first-order valence-corrected chi connectivity index (χ1v) is 10.7. The van der Waals surface area contributed by atoms with E-state index in [1.54, 1.807) is 0 Å². The number of fused-ring (bicyclic) bond motifs is 3. The van der Waals surface area contributed by atoms with Crippen LogP contribution in [0.4, 0.5) is 0 Å². The second kappa shape index (κ2) is 6.53. The summed E-state index contributed by atoms with van der Waals surface area (Å²) in [5, 5.41) is 24.3. The lowest BCUT2D eigenvalue weighted by Gasteiger charge is -2.68. The number of carbonyl (C=O) groups is 1. The number of rotatable bonds is 4. The number of aliphatic hydroxyl groups excluding tert-OH is 2. The first-order chi connectivity index (χ1) is 12.8. The molecule has 5 saturated carbocycles. The average molecular weight is 374 g/mol. The predicted octanol–water partition coefficient (Wildman–Crippen LogP) is 2.71. The molecule has 27 heavy (non-hydrogen) atoms. The summed E-state index contributed by atoms with van der Waals surface area (Å²) in [6.07, 6.45) is 4.82. The minimum Gasteiger partial charge on any atom is -0.396 e. The molecule has 2 bridgehead atoms. The van der Waals surface area contributed by atoms with Crippen LogP contribution in [0.15, 0.2) is 24.3 Å². The number of aliphatic hydroxyl groups is 2. The van der Waals surface area contributed by atoms with E-state index in [0.717, 1.165) is 56.2 Å². The Morgan fingerprint density at radius 1 is 1.30 bits per heavy atom. The molecule has 5 aliphatic rings. The zero-order valence-electron chi connectivity index (χ0n) is 16.8. The summed E-state index contributed by atoms with van der Waals surface area (Å²) in [6, 6.07) is 0. The van der Waals surface area contributed by atoms with Gasteiger partial charge in [0.2, 0.25) is 0 Å². The van der Waals surface area contributed by atoms with E-state index in [0.29, 0.717) is 17.8 Å². The summed E-state index contributed by atoms with van der Waals surface area (Å²) in [6.45, 7) is 11.8. The number of hydrogen-bond donors (Lipinski definition) is 3. The summed E-state index contributed by atoms with van der Waals surface area (Å²) in [5.41, 5.74) is 0.811. The Labute approximate surface area is 163 Å². The smallest absolute Gasteiger partial charge is 0.167 e. The molecule has 0 heterocycles. The minimum absolute atomic E-state index is 0.0718. The van der Waals surface area contributed by atoms with Crippen molar-refractivity contribution in [1.29, 1.82) is 0 Å². The first kappa shape index (κ1) is 19.4. The number of Topliss-reactive ketones (excluding diaryl/α,β-unsaturated/α-hetero) is 1. The lowest BCUT2D eigenvalue weighted by Crippen LogP contribution is -2.70. The van der Waals surface area contributed by atoms with Crippen molar-refractivity contribution in [2.45, 2.75) is 51.6 Å². The fourth-order valence-electron chi connectivity index (χ4n) is 8.06. The number of hydrogen-bond acceptors (Lipinski definition) is 4. The van der Waals surface area contributed by atoms with Crippen LogP contribution in [0, 0.1) is 40.4 Å². The largest absolute Gasteiger partial charge is 0.396 e. The lowest BCUT2D eigenvalue weighted by molar-refractivity contribution is -0.188. The van der Waals surface area contributed by atoms with Gasteiger partial charge in [0.05, 0.1) is 11.5 Å². The fraction of sp³-hybridized carbons (Fsp3) is 0.783. The predicted molar refractivity (Wildman–Crippen MR) is 106 cm³/mol. The Bertz CT molecular complexity index is 673. The highest BCUT2D eigenvalue weighted by atomic mass is 16.3. The molecule has 4 heteroatoms. The zero-order valence-corrected chi connectivity index (χ0v) is 16.8. The van der Waals surface area contributed by atoms with Gasteiger partial charge in [-0.2, -0.15) is 0 Å². The van der Waals surface area contributed by atoms with Crippen LogP contribution in [-0.4, -0.2) is 42.3 Å². The van der Waals surface area contributed by atoms with Crippen LogP contribution in [0.25, 0.3) is 0 Å². The van der Waals surface area contributed by atoms with Gasteiger partial charge in [-0.15, -0.1) is 0 Å². The maximum Gasteiger partial charge on any atom is 0.167 e. The Morgan fingerprint density at radius 3 is 2.70 bits per heavy atom. The van der Waals surface area contributed by atoms with E-state index in [4.69, 9.17) is 0 Å². The van der Waals surface area contributed by atoms with Crippen molar-refractivity contribution >= 4 is 5.78 Å². The molecule has 0 radical (unpaired) electrons. The number of nitrogens with one attached hydrogen (secondary N) is 1. The van der Waals surface area contributed by atoms with Crippen LogP contribution in [-0.2, 0) is 4.79 Å². The monoisotopic (exact) mass is 373 g/mol. The van der Waals surface area contributed by atoms with Gasteiger partial charge in [-0.25, -0.2) is 0 Å². The van der Waals surface area contributed by atoms with Crippen LogP contribution in [0.3, 0.4) is 0 Å². The molecule has 8 atom stereocenters. The summed E-state index contributed by atoms with van der Waals surface area (Å²) < 4.78 is 0. The van der Waals surface area contributed by atoms with Crippen molar-refractivity contribution in [3.05, 3.63) is 24.3 Å². The molecule has 4 nitrogen and oxygen atoms in total. The second-order valence-electron chi connectivity index (χ2n) is 9.93. The quantitative estimate of drug-likeness (QED) is 0.523. The number of allylic oxidation sites excluding steroid dienone is 1. The van der Waals surface area contributed by atoms with Gasteiger partial charge in [-0.05, 0) is 91.7 Å². The second-order valence-corrected chi connectivity index (χ2v) is 9.93. The molecule has 3 N–H and O–H groups in total. The molecule has 0 aromatic carbocycles. The maximum atomic E-state index is 13.7. The van der Waals surface area contributed by atoms with Crippen molar-refractivity contribution in [3.8, 4) is 0 Å². The Hall–Kier alpha value is -0.970. The van der Waals surface area contributed by atoms with Crippen LogP contribution in [0.5, 0.6) is 0 Å². The molecule has 5 fully saturated rings. The Kier molecular flexibility index (Phi) is 4.68. The van der Waals surface area contributed by atoms with Crippen molar-refractivity contribution in [2.75, 3.05) is 20.2 Å². The topological polar surface area (TPSA) is 69.6 Å². The van der Waals surface area contributed by atoms with Crippen LogP contribution >= 0.6 is 0 Å². The molecular weight excluding hydrogens is 338 g/mol. The molecule has 0 saturated heterocycles. The molecule has 0 amide bonds. The van der Waals surface area contributed by atoms with E-state index < -0.39 is 11.5 Å². The van der Waals surface area contributed by atoms with E-state index in [9.17, 15) is 15.0 Å². The highest BCUT2D eigenvalue weighted by molar-refractivity contribution is 6.02. The van der Waals surface area contributed by atoms with Gasteiger partial charge in [-0.1, -0.05) is 20.1 Å². The van der Waals surface area contributed by atoms with Gasteiger partial charge in [0.15, 0.2) is 5.78 Å². The SMILES string of the molecule is C=C1C(=O)C23CCC(CC2C2(CNC)CC(CCO)CC(C)C12)C(=C)C3O. The van der Waals surface area contributed by atoms with Gasteiger partial charge in [-0.3, -0.25) is 4.79 Å². The van der Waals surface area contributed by atoms with E-state index in [2.05, 4.69) is 25.4 Å². The van der Waals surface area contributed by atoms with E-state index in [-0.39, 0.29) is 29.6 Å². The highest BCUT2D eigenvalue weighted by Crippen LogP contribution is 2.70. The molecule has 0 aliphatic heterocycles. The molecule has 0 aromatic heterocycles. The van der Waals surface area contributed by atoms with E-state index >= 15 is 0 Å². The molecule has 1 spiro atoms. The fourth-order valence-corrected chi connectivity index (χ4v) is 8.06. The summed E-state index contributed by atoms with van der Waals surface area (Å²) in [5.74, 6) is 1.62. The summed E-state index contributed by atoms with van der Waals surface area (Å²) >= 11 is 0. The Morgan fingerprint density at radius 2 is 2.04 bits per heavy atom. The van der Waals surface area contributed by atoms with E-state index in [1.807, 2.05) is 7.05 Å². The molecular formula is C23H35NO3. The summed E-state index contributed by atoms with van der Waals surface area (Å²) in [7, 11) is 1.99. The Balaban J connectivity index is 1.87. The van der Waals surface area contributed by atoms with Crippen molar-refractivity contribution in [2.24, 2.45) is 40.4 Å². The number of ketones is 1. The third kappa shape index (κ3) is 2.36. The van der Waals surface area contributed by atoms with Gasteiger partial charge >= 0.3 is 0 Å². The van der Waals surface area contributed by atoms with Crippen molar-refractivity contribution in [1.82, 2.24) is 5.32 Å². The van der Waals surface area contributed by atoms with Crippen molar-refractivity contribution in [3.63, 3.8) is 0 Å². The summed E-state index contributed by atoms with van der Waals surface area (Å²) in [4.78, 5) is 13.7. The molecule has 150 valence electrons. The lowest BCUT2D eigenvalue weighted by atomic mass is 9.35. The standard InChI is InChI=1S/C23H35NO3/c1-13-9-16(6-8-25)11-22(12-24-4)18-10-17-5-7-23(18,20(26)14(17)2)21(27)15(3)19(13)22/h13,16-20,24-26H,2-3,5-12H2,1,4H3. The third-order valence-electron chi connectivity index (χ3n) is 8.80. The van der Waals surface area contributed by atoms with Crippen LogP contribution in [0.1, 0.15) is 45.4 Å². The zero-order chi connectivity index (χ0) is 19.6. The highest BCUT2D eigenvalue weighted by Gasteiger charge is 2.71. The van der Waals surface area contributed by atoms with Gasteiger partial charge in [0.1, 0.15) is 0 Å². The molecule has 8 unspecified atom stereocenters. The molecule has 5 rings (SSSR count). The minimum atomic E-state index is -0.734. The van der Waals surface area contributed by atoms with Gasteiger partial charge in [0.25, 0.3) is 0 Å². The van der Waals surface area contributed by atoms with Crippen LogP contribution in [0.2, 0.25) is 0 Å². The number of carbonyl (C=O) groups excluding carboxylic acids is 1. The van der Waals surface area contributed by atoms with Crippen LogP contribution < -0.4 is 5.32 Å². The molecule has 0 aromatic rings. The molecule has 5 aliphatic carbocycles. The average Bonchev–Trinajstić information content (AvgIpc) is 2.64. The normalized spacial score (nSPS) is 49.1. The van der Waals surface area contributed by atoms with E-state index in [1.165, 1.54) is 0 Å². The first-order valence-electron chi connectivity index (χ1n) is 10.7. The van der Waals surface area contributed by atoms with Crippen molar-refractivity contribution < 1.29 is 15.0 Å². The van der Waals surface area contributed by atoms with Gasteiger partial charge < -0.3 is 15.5 Å². The maximum absolute atomic E-state index is 13.7.